The van der Waals surface area contributed by atoms with Crippen molar-refractivity contribution in [2.24, 2.45) is 15.5 Å². The standard InChI is InChI=1S/C16H24N4O2S/c1-18-15(20-9-8-16(12-20)6-3-7-16)19-11-13-4-2-5-14(10-13)23(17,21)22/h2,4-5,10H,3,6-9,11-12H2,1H3,(H,18,19)(H2,17,21,22). The Hall–Kier alpha value is -1.60. The van der Waals surface area contributed by atoms with E-state index in [4.69, 9.17) is 5.14 Å². The fourth-order valence-electron chi connectivity index (χ4n) is 3.55. The number of nitrogens with zero attached hydrogens (tertiary/aromatic N) is 2. The molecule has 7 heteroatoms. The topological polar surface area (TPSA) is 87.8 Å². The van der Waals surface area contributed by atoms with Crippen LogP contribution in [0.5, 0.6) is 0 Å². The van der Waals surface area contributed by atoms with Gasteiger partial charge in [0, 0.05) is 26.7 Å². The Bertz CT molecular complexity index is 711. The minimum absolute atomic E-state index is 0.140. The van der Waals surface area contributed by atoms with E-state index in [1.165, 1.54) is 31.7 Å². The number of likely N-dealkylation sites (tertiary alicyclic amines) is 1. The lowest BCUT2D eigenvalue weighted by molar-refractivity contribution is 0.151. The normalized spacial score (nSPS) is 20.6. The highest BCUT2D eigenvalue weighted by Gasteiger charge is 2.43. The minimum Gasteiger partial charge on any atom is -0.352 e. The molecular weight excluding hydrogens is 312 g/mol. The maximum Gasteiger partial charge on any atom is 0.238 e. The van der Waals surface area contributed by atoms with Gasteiger partial charge in [-0.15, -0.1) is 0 Å². The molecule has 0 bridgehead atoms. The van der Waals surface area contributed by atoms with Gasteiger partial charge in [-0.3, -0.25) is 4.99 Å². The van der Waals surface area contributed by atoms with Gasteiger partial charge in [-0.05, 0) is 42.4 Å². The van der Waals surface area contributed by atoms with Gasteiger partial charge in [0.05, 0.1) is 4.90 Å². The van der Waals surface area contributed by atoms with E-state index in [1.807, 2.05) is 6.07 Å². The summed E-state index contributed by atoms with van der Waals surface area (Å²) in [4.78, 5) is 6.82. The number of aliphatic imine (C=N–C) groups is 1. The molecular formula is C16H24N4O2S. The number of rotatable bonds is 3. The van der Waals surface area contributed by atoms with E-state index in [9.17, 15) is 8.42 Å². The number of nitrogens with two attached hydrogens (primary N) is 1. The van der Waals surface area contributed by atoms with E-state index < -0.39 is 10.0 Å². The van der Waals surface area contributed by atoms with Crippen LogP contribution in [0.15, 0.2) is 34.2 Å². The van der Waals surface area contributed by atoms with Crippen LogP contribution in [-0.2, 0) is 16.6 Å². The van der Waals surface area contributed by atoms with E-state index in [0.717, 1.165) is 24.6 Å². The largest absolute Gasteiger partial charge is 0.352 e. The molecule has 1 aromatic carbocycles. The number of nitrogens with one attached hydrogen (secondary N) is 1. The molecule has 6 nitrogen and oxygen atoms in total. The van der Waals surface area contributed by atoms with Gasteiger partial charge in [0.2, 0.25) is 10.0 Å². The molecule has 0 atom stereocenters. The summed E-state index contributed by atoms with van der Waals surface area (Å²) in [5, 5.41) is 8.51. The first kappa shape index (κ1) is 16.3. The Morgan fingerprint density at radius 1 is 1.39 bits per heavy atom. The van der Waals surface area contributed by atoms with E-state index in [1.54, 1.807) is 19.2 Å². The first-order valence-electron chi connectivity index (χ1n) is 7.99. The molecule has 1 saturated carbocycles. The molecule has 1 saturated heterocycles. The van der Waals surface area contributed by atoms with E-state index >= 15 is 0 Å². The number of benzene rings is 1. The van der Waals surface area contributed by atoms with Crippen molar-refractivity contribution in [3.05, 3.63) is 29.8 Å². The Balaban J connectivity index is 1.63. The molecule has 2 aliphatic rings. The first-order chi connectivity index (χ1) is 10.9. The molecule has 23 heavy (non-hydrogen) atoms. The highest BCUT2D eigenvalue weighted by molar-refractivity contribution is 7.89. The van der Waals surface area contributed by atoms with Crippen molar-refractivity contribution in [1.29, 1.82) is 0 Å². The average molecular weight is 336 g/mol. The highest BCUT2D eigenvalue weighted by Crippen LogP contribution is 2.47. The van der Waals surface area contributed by atoms with Gasteiger partial charge in [0.1, 0.15) is 0 Å². The molecule has 3 rings (SSSR count). The van der Waals surface area contributed by atoms with Crippen LogP contribution in [0, 0.1) is 5.41 Å². The Morgan fingerprint density at radius 2 is 2.17 bits per heavy atom. The molecule has 1 aliphatic heterocycles. The summed E-state index contributed by atoms with van der Waals surface area (Å²) < 4.78 is 22.8. The van der Waals surface area contributed by atoms with E-state index in [-0.39, 0.29) is 4.90 Å². The van der Waals surface area contributed by atoms with Gasteiger partial charge in [0.25, 0.3) is 0 Å². The molecule has 1 aliphatic carbocycles. The summed E-state index contributed by atoms with van der Waals surface area (Å²) in [5.74, 6) is 0.884. The third kappa shape index (κ3) is 3.50. The molecule has 3 N–H and O–H groups in total. The quantitative estimate of drug-likeness (QED) is 0.643. The smallest absolute Gasteiger partial charge is 0.238 e. The van der Waals surface area contributed by atoms with Crippen LogP contribution in [0.2, 0.25) is 0 Å². The lowest BCUT2D eigenvalue weighted by atomic mass is 9.68. The zero-order valence-electron chi connectivity index (χ0n) is 13.5. The van der Waals surface area contributed by atoms with Crippen molar-refractivity contribution >= 4 is 16.0 Å². The van der Waals surface area contributed by atoms with Gasteiger partial charge >= 0.3 is 0 Å². The highest BCUT2D eigenvalue weighted by atomic mass is 32.2. The van der Waals surface area contributed by atoms with Crippen molar-refractivity contribution in [3.63, 3.8) is 0 Å². The third-order valence-corrected chi connectivity index (χ3v) is 5.95. The summed E-state index contributed by atoms with van der Waals surface area (Å²) >= 11 is 0. The second kappa shape index (κ2) is 6.13. The molecule has 1 aromatic rings. The van der Waals surface area contributed by atoms with E-state index in [0.29, 0.717) is 12.0 Å². The predicted octanol–water partition coefficient (Wildman–Crippen LogP) is 1.29. The molecule has 0 radical (unpaired) electrons. The molecule has 0 unspecified atom stereocenters. The zero-order valence-corrected chi connectivity index (χ0v) is 14.3. The monoisotopic (exact) mass is 336 g/mol. The van der Waals surface area contributed by atoms with Crippen molar-refractivity contribution < 1.29 is 8.42 Å². The van der Waals surface area contributed by atoms with E-state index in [2.05, 4.69) is 15.2 Å². The van der Waals surface area contributed by atoms with Crippen molar-refractivity contribution in [2.45, 2.75) is 37.1 Å². The Labute approximate surface area is 137 Å². The fraction of sp³-hybridized carbons (Fsp3) is 0.562. The Morgan fingerprint density at radius 3 is 2.74 bits per heavy atom. The van der Waals surface area contributed by atoms with Gasteiger partial charge in [-0.2, -0.15) is 0 Å². The maximum absolute atomic E-state index is 11.4. The Kier molecular flexibility index (Phi) is 4.33. The van der Waals surface area contributed by atoms with Crippen LogP contribution in [-0.4, -0.2) is 39.4 Å². The van der Waals surface area contributed by atoms with Crippen molar-refractivity contribution in [2.75, 3.05) is 20.1 Å². The fourth-order valence-corrected chi connectivity index (χ4v) is 4.13. The number of guanidine groups is 1. The summed E-state index contributed by atoms with van der Waals surface area (Å²) in [7, 11) is -1.88. The average Bonchev–Trinajstić information content (AvgIpc) is 2.93. The van der Waals surface area contributed by atoms with Gasteiger partial charge < -0.3 is 10.2 Å². The molecule has 126 valence electrons. The molecule has 1 spiro atoms. The number of hydrogen-bond acceptors (Lipinski definition) is 3. The van der Waals surface area contributed by atoms with Crippen molar-refractivity contribution in [3.8, 4) is 0 Å². The summed E-state index contributed by atoms with van der Waals surface area (Å²) in [6.45, 7) is 2.64. The number of sulfonamides is 1. The van der Waals surface area contributed by atoms with Crippen LogP contribution < -0.4 is 10.5 Å². The lowest BCUT2D eigenvalue weighted by Crippen LogP contribution is -2.42. The summed E-state index contributed by atoms with van der Waals surface area (Å²) in [5.41, 5.74) is 1.39. The maximum atomic E-state index is 11.4. The second-order valence-corrected chi connectivity index (χ2v) is 8.18. The summed E-state index contributed by atoms with van der Waals surface area (Å²) in [6, 6.07) is 6.70. The van der Waals surface area contributed by atoms with Crippen LogP contribution in [0.3, 0.4) is 0 Å². The first-order valence-corrected chi connectivity index (χ1v) is 9.54. The second-order valence-electron chi connectivity index (χ2n) is 6.62. The van der Waals surface area contributed by atoms with Crippen LogP contribution in [0.1, 0.15) is 31.2 Å². The SMILES string of the molecule is CN=C(NCc1cccc(S(N)(=O)=O)c1)N1CCC2(CCC2)C1. The number of hydrogen-bond donors (Lipinski definition) is 2. The zero-order chi connectivity index (χ0) is 16.5. The van der Waals surface area contributed by atoms with Gasteiger partial charge in [-0.25, -0.2) is 13.6 Å². The lowest BCUT2D eigenvalue weighted by Gasteiger charge is -2.38. The van der Waals surface area contributed by atoms with Crippen molar-refractivity contribution in [1.82, 2.24) is 10.2 Å². The minimum atomic E-state index is -3.66. The molecule has 0 amide bonds. The van der Waals surface area contributed by atoms with Crippen LogP contribution in [0.25, 0.3) is 0 Å². The number of primary sulfonamides is 1. The molecule has 1 heterocycles. The van der Waals surface area contributed by atoms with Gasteiger partial charge in [-0.1, -0.05) is 18.6 Å². The molecule has 2 fully saturated rings. The van der Waals surface area contributed by atoms with Gasteiger partial charge in [0.15, 0.2) is 5.96 Å². The predicted molar refractivity (Wildman–Crippen MR) is 90.5 cm³/mol. The third-order valence-electron chi connectivity index (χ3n) is 5.04. The van der Waals surface area contributed by atoms with Crippen LogP contribution in [0.4, 0.5) is 0 Å². The molecule has 0 aromatic heterocycles. The summed E-state index contributed by atoms with van der Waals surface area (Å²) in [6.07, 6.45) is 5.25. The van der Waals surface area contributed by atoms with Crippen LogP contribution >= 0.6 is 0 Å².